The average Bonchev–Trinajstić information content (AvgIpc) is 2.57. The third-order valence-corrected chi connectivity index (χ3v) is 5.41. The molecular formula is C20H22FN3O. The van der Waals surface area contributed by atoms with E-state index in [1.165, 1.54) is 6.07 Å². The Morgan fingerprint density at radius 2 is 2.00 bits per heavy atom. The van der Waals surface area contributed by atoms with Gasteiger partial charge in [0.15, 0.2) is 0 Å². The number of hydrogen-bond acceptors (Lipinski definition) is 2. The Balaban J connectivity index is 1.58. The van der Waals surface area contributed by atoms with Gasteiger partial charge in [0.2, 0.25) is 0 Å². The maximum atomic E-state index is 14.4. The van der Waals surface area contributed by atoms with Gasteiger partial charge in [-0.15, -0.1) is 0 Å². The van der Waals surface area contributed by atoms with E-state index in [4.69, 9.17) is 0 Å². The number of amides is 2. The van der Waals surface area contributed by atoms with Crippen LogP contribution >= 0.6 is 0 Å². The fraction of sp³-hybridized carbons (Fsp3) is 0.400. The summed E-state index contributed by atoms with van der Waals surface area (Å²) in [6.07, 6.45) is 4.87. The Labute approximate surface area is 147 Å². The van der Waals surface area contributed by atoms with Crippen LogP contribution in [0, 0.1) is 18.7 Å². The summed E-state index contributed by atoms with van der Waals surface area (Å²) in [5.41, 5.74) is 2.61. The number of anilines is 1. The van der Waals surface area contributed by atoms with Gasteiger partial charge in [-0.2, -0.15) is 0 Å². The van der Waals surface area contributed by atoms with Crippen molar-refractivity contribution in [3.63, 3.8) is 0 Å². The second-order valence-corrected chi connectivity index (χ2v) is 7.32. The highest BCUT2D eigenvalue weighted by Crippen LogP contribution is 2.41. The SMILES string of the molecule is Cc1cc(F)c(NC(=O)N2C3CC(C)C[C@@H]2C3)cc1-c1ccccn1. The summed E-state index contributed by atoms with van der Waals surface area (Å²) in [6.45, 7) is 4.08. The lowest BCUT2D eigenvalue weighted by atomic mass is 9.74. The lowest BCUT2D eigenvalue weighted by molar-refractivity contribution is -0.00603. The molecule has 0 spiro atoms. The van der Waals surface area contributed by atoms with Gasteiger partial charge < -0.3 is 10.2 Å². The summed E-state index contributed by atoms with van der Waals surface area (Å²) in [4.78, 5) is 18.9. The van der Waals surface area contributed by atoms with Crippen LogP contribution in [0.25, 0.3) is 11.3 Å². The minimum atomic E-state index is -0.412. The van der Waals surface area contributed by atoms with Crippen LogP contribution in [0.4, 0.5) is 14.9 Å². The molecule has 0 saturated carbocycles. The molecule has 0 radical (unpaired) electrons. The number of carbonyl (C=O) groups is 1. The van der Waals surface area contributed by atoms with Gasteiger partial charge in [-0.05, 0) is 61.9 Å². The van der Waals surface area contributed by atoms with Gasteiger partial charge in [-0.3, -0.25) is 4.98 Å². The minimum Gasteiger partial charge on any atom is -0.318 e. The van der Waals surface area contributed by atoms with Crippen LogP contribution in [0.2, 0.25) is 0 Å². The molecule has 2 aliphatic heterocycles. The van der Waals surface area contributed by atoms with E-state index in [0.717, 1.165) is 36.1 Å². The number of nitrogens with one attached hydrogen (secondary N) is 1. The second-order valence-electron chi connectivity index (χ2n) is 7.32. The van der Waals surface area contributed by atoms with Gasteiger partial charge in [-0.1, -0.05) is 13.0 Å². The maximum Gasteiger partial charge on any atom is 0.322 e. The van der Waals surface area contributed by atoms with Crippen molar-refractivity contribution in [1.82, 2.24) is 9.88 Å². The lowest BCUT2D eigenvalue weighted by Crippen LogP contribution is -2.63. The Morgan fingerprint density at radius 1 is 1.24 bits per heavy atom. The van der Waals surface area contributed by atoms with Crippen LogP contribution < -0.4 is 5.32 Å². The Hall–Kier alpha value is -2.43. The zero-order valence-electron chi connectivity index (χ0n) is 14.5. The smallest absolute Gasteiger partial charge is 0.318 e. The number of aromatic nitrogens is 1. The van der Waals surface area contributed by atoms with Crippen molar-refractivity contribution in [3.05, 3.63) is 47.9 Å². The van der Waals surface area contributed by atoms with Crippen LogP contribution in [-0.2, 0) is 0 Å². The summed E-state index contributed by atoms with van der Waals surface area (Å²) in [5.74, 6) is 0.254. The van der Waals surface area contributed by atoms with Gasteiger partial charge in [0, 0.05) is 23.8 Å². The topological polar surface area (TPSA) is 45.2 Å². The molecule has 130 valence electrons. The molecule has 2 aromatic rings. The predicted molar refractivity (Wildman–Crippen MR) is 95.8 cm³/mol. The molecule has 2 amide bonds. The Kier molecular flexibility index (Phi) is 3.94. The molecule has 2 aliphatic rings. The highest BCUT2D eigenvalue weighted by atomic mass is 19.1. The number of urea groups is 1. The summed E-state index contributed by atoms with van der Waals surface area (Å²) in [6, 6.07) is 9.17. The second kappa shape index (κ2) is 6.14. The number of piperidine rings is 1. The summed E-state index contributed by atoms with van der Waals surface area (Å²) < 4.78 is 14.4. The van der Waals surface area contributed by atoms with Gasteiger partial charge in [0.05, 0.1) is 11.4 Å². The summed E-state index contributed by atoms with van der Waals surface area (Å²) in [5, 5.41) is 2.78. The van der Waals surface area contributed by atoms with E-state index in [-0.39, 0.29) is 11.7 Å². The van der Waals surface area contributed by atoms with E-state index >= 15 is 0 Å². The van der Waals surface area contributed by atoms with Gasteiger partial charge in [0.25, 0.3) is 0 Å². The molecule has 5 heteroatoms. The van der Waals surface area contributed by atoms with E-state index in [1.54, 1.807) is 12.3 Å². The quantitative estimate of drug-likeness (QED) is 0.869. The number of halogens is 1. The summed E-state index contributed by atoms with van der Waals surface area (Å²) >= 11 is 0. The van der Waals surface area contributed by atoms with Crippen LogP contribution in [0.1, 0.15) is 31.7 Å². The predicted octanol–water partition coefficient (Wildman–Crippen LogP) is 4.60. The normalized spacial score (nSPS) is 24.6. The summed E-state index contributed by atoms with van der Waals surface area (Å²) in [7, 11) is 0. The fourth-order valence-electron chi connectivity index (χ4n) is 4.22. The molecule has 2 saturated heterocycles. The zero-order valence-corrected chi connectivity index (χ0v) is 14.5. The van der Waals surface area contributed by atoms with Crippen molar-refractivity contribution in [2.24, 2.45) is 5.92 Å². The highest BCUT2D eigenvalue weighted by Gasteiger charge is 2.46. The fourth-order valence-corrected chi connectivity index (χ4v) is 4.22. The third kappa shape index (κ3) is 2.88. The van der Waals surface area contributed by atoms with Crippen LogP contribution in [0.15, 0.2) is 36.5 Å². The number of benzene rings is 1. The molecule has 0 aliphatic carbocycles. The zero-order chi connectivity index (χ0) is 17.6. The third-order valence-electron chi connectivity index (χ3n) is 5.41. The molecule has 2 fully saturated rings. The molecule has 1 aromatic carbocycles. The number of hydrogen-bond donors (Lipinski definition) is 1. The Morgan fingerprint density at radius 3 is 2.68 bits per heavy atom. The van der Waals surface area contributed by atoms with Crippen LogP contribution in [0.3, 0.4) is 0 Å². The molecule has 4 nitrogen and oxygen atoms in total. The molecule has 1 N–H and O–H groups in total. The average molecular weight is 339 g/mol. The standard InChI is InChI=1S/C20H22FN3O/c1-12-7-14-10-15(8-12)24(14)20(25)23-19-11-16(13(2)9-17(19)21)18-5-3-4-6-22-18/h3-6,9,11-12,14-15H,7-8,10H2,1-2H3,(H,23,25)/t12?,14-,15?/m1/s1. The van der Waals surface area contributed by atoms with E-state index in [1.807, 2.05) is 30.0 Å². The van der Waals surface area contributed by atoms with Crippen LogP contribution in [-0.4, -0.2) is 28.0 Å². The van der Waals surface area contributed by atoms with E-state index in [0.29, 0.717) is 18.0 Å². The van der Waals surface area contributed by atoms with Crippen molar-refractivity contribution >= 4 is 11.7 Å². The first-order valence-electron chi connectivity index (χ1n) is 8.84. The van der Waals surface area contributed by atoms with Crippen molar-refractivity contribution in [3.8, 4) is 11.3 Å². The molecule has 2 bridgehead atoms. The lowest BCUT2D eigenvalue weighted by Gasteiger charge is -2.54. The molecular weight excluding hydrogens is 317 g/mol. The van der Waals surface area contributed by atoms with Crippen molar-refractivity contribution < 1.29 is 9.18 Å². The van der Waals surface area contributed by atoms with Crippen molar-refractivity contribution in [1.29, 1.82) is 0 Å². The highest BCUT2D eigenvalue weighted by molar-refractivity contribution is 5.91. The Bertz CT molecular complexity index is 796. The molecule has 3 atom stereocenters. The largest absolute Gasteiger partial charge is 0.322 e. The van der Waals surface area contributed by atoms with E-state index in [2.05, 4.69) is 17.2 Å². The van der Waals surface area contributed by atoms with Crippen molar-refractivity contribution in [2.75, 3.05) is 5.32 Å². The number of aryl methyl sites for hydroxylation is 1. The monoisotopic (exact) mass is 339 g/mol. The number of nitrogens with zero attached hydrogens (tertiary/aromatic N) is 2. The first-order chi connectivity index (χ1) is 12.0. The molecule has 25 heavy (non-hydrogen) atoms. The molecule has 1 aromatic heterocycles. The number of pyridine rings is 1. The first-order valence-corrected chi connectivity index (χ1v) is 8.84. The van der Waals surface area contributed by atoms with E-state index in [9.17, 15) is 9.18 Å². The van der Waals surface area contributed by atoms with Gasteiger partial charge in [0.1, 0.15) is 5.82 Å². The van der Waals surface area contributed by atoms with Gasteiger partial charge in [-0.25, -0.2) is 9.18 Å². The van der Waals surface area contributed by atoms with Crippen molar-refractivity contribution in [2.45, 2.75) is 45.2 Å². The van der Waals surface area contributed by atoms with E-state index < -0.39 is 5.82 Å². The number of rotatable bonds is 2. The molecule has 4 rings (SSSR count). The molecule has 3 heterocycles. The molecule has 2 unspecified atom stereocenters. The maximum absolute atomic E-state index is 14.4. The minimum absolute atomic E-state index is 0.192. The number of carbonyl (C=O) groups excluding carboxylic acids is 1. The first kappa shape index (κ1) is 16.1. The van der Waals surface area contributed by atoms with Gasteiger partial charge >= 0.3 is 6.03 Å². The number of fused-ring (bicyclic) bond motifs is 2. The van der Waals surface area contributed by atoms with Crippen LogP contribution in [0.5, 0.6) is 0 Å².